The fourth-order valence-corrected chi connectivity index (χ4v) is 3.70. The molecule has 1 heterocycles. The first-order valence-electron chi connectivity index (χ1n) is 10.6. The van der Waals surface area contributed by atoms with Gasteiger partial charge in [0.1, 0.15) is 56.6 Å². The van der Waals surface area contributed by atoms with Gasteiger partial charge < -0.3 is 24.6 Å². The quantitative estimate of drug-likeness (QED) is 0.482. The highest BCUT2D eigenvalue weighted by atomic mass is 19.1. The molecule has 0 radical (unpaired) electrons. The Morgan fingerprint density at radius 3 is 2.37 bits per heavy atom. The van der Waals surface area contributed by atoms with Crippen molar-refractivity contribution in [3.8, 4) is 11.5 Å². The van der Waals surface area contributed by atoms with Gasteiger partial charge in [-0.3, -0.25) is 4.79 Å². The zero-order chi connectivity index (χ0) is 21.2. The molecule has 1 aliphatic heterocycles. The minimum Gasteiger partial charge on any atom is -0.497 e. The van der Waals surface area contributed by atoms with Gasteiger partial charge in [-0.25, -0.2) is 4.39 Å². The Kier molecular flexibility index (Phi) is 8.47. The number of hydrogen-bond acceptors (Lipinski definition) is 3. The van der Waals surface area contributed by atoms with Crippen molar-refractivity contribution in [2.24, 2.45) is 0 Å². The molecule has 1 saturated heterocycles. The minimum absolute atomic E-state index is 0.0348. The Morgan fingerprint density at radius 2 is 1.67 bits per heavy atom. The number of halogens is 1. The predicted molar refractivity (Wildman–Crippen MR) is 113 cm³/mol. The number of quaternary nitrogens is 2. The van der Waals surface area contributed by atoms with E-state index in [1.807, 2.05) is 30.3 Å². The van der Waals surface area contributed by atoms with Crippen molar-refractivity contribution in [1.29, 1.82) is 0 Å². The van der Waals surface area contributed by atoms with Crippen molar-refractivity contribution < 1.29 is 28.5 Å². The van der Waals surface area contributed by atoms with E-state index in [1.54, 1.807) is 19.2 Å². The number of ether oxygens (including phenoxy) is 2. The molecule has 3 rings (SSSR count). The van der Waals surface area contributed by atoms with Crippen LogP contribution in [0.25, 0.3) is 0 Å². The van der Waals surface area contributed by atoms with Gasteiger partial charge in [0, 0.05) is 6.54 Å². The normalized spacial score (nSPS) is 18.6. The van der Waals surface area contributed by atoms with E-state index < -0.39 is 0 Å². The molecule has 1 aliphatic rings. The average Bonchev–Trinajstić information content (AvgIpc) is 2.77. The summed E-state index contributed by atoms with van der Waals surface area (Å²) in [6, 6.07) is 14.3. The van der Waals surface area contributed by atoms with E-state index >= 15 is 0 Å². The van der Waals surface area contributed by atoms with Crippen LogP contribution in [0.15, 0.2) is 48.5 Å². The third kappa shape index (κ3) is 7.00. The number of methoxy groups -OCH3 is 1. The van der Waals surface area contributed by atoms with Crippen LogP contribution in [0.3, 0.4) is 0 Å². The topological polar surface area (TPSA) is 56.4 Å². The van der Waals surface area contributed by atoms with Gasteiger partial charge >= 0.3 is 0 Å². The third-order valence-electron chi connectivity index (χ3n) is 5.53. The molecule has 0 aromatic heterocycles. The lowest BCUT2D eigenvalue weighted by Gasteiger charge is -2.29. The van der Waals surface area contributed by atoms with E-state index in [1.165, 1.54) is 15.9 Å². The monoisotopic (exact) mass is 417 g/mol. The Balaban J connectivity index is 1.27. The fraction of sp³-hybridized carbons (Fsp3) is 0.435. The van der Waals surface area contributed by atoms with Crippen LogP contribution in [0.4, 0.5) is 4.39 Å². The van der Waals surface area contributed by atoms with E-state index in [2.05, 4.69) is 5.32 Å². The largest absolute Gasteiger partial charge is 0.497 e. The molecule has 2 aromatic carbocycles. The van der Waals surface area contributed by atoms with Crippen LogP contribution in [0.1, 0.15) is 5.56 Å². The van der Waals surface area contributed by atoms with Gasteiger partial charge in [0.15, 0.2) is 6.54 Å². The van der Waals surface area contributed by atoms with Crippen molar-refractivity contribution >= 4 is 5.91 Å². The summed E-state index contributed by atoms with van der Waals surface area (Å²) in [4.78, 5) is 15.0. The Bertz CT molecular complexity index is 793. The van der Waals surface area contributed by atoms with Gasteiger partial charge in [-0.2, -0.15) is 0 Å². The summed E-state index contributed by atoms with van der Waals surface area (Å²) in [5.41, 5.74) is 0.638. The number of rotatable bonds is 10. The molecule has 0 atom stereocenters. The van der Waals surface area contributed by atoms with E-state index in [9.17, 15) is 9.18 Å². The molecule has 30 heavy (non-hydrogen) atoms. The maximum absolute atomic E-state index is 13.6. The van der Waals surface area contributed by atoms with Crippen molar-refractivity contribution in [3.05, 3.63) is 59.9 Å². The third-order valence-corrected chi connectivity index (χ3v) is 5.53. The molecule has 0 bridgehead atoms. The SMILES string of the molecule is COc1ccc(OCC[NH+]2CC[NH+](CC(=O)NCCc3ccccc3F)CC2)cc1. The molecule has 2 aromatic rings. The lowest BCUT2D eigenvalue weighted by molar-refractivity contribution is -1.01. The molecule has 3 N–H and O–H groups in total. The van der Waals surface area contributed by atoms with Crippen LogP contribution in [-0.4, -0.2) is 65.4 Å². The second-order valence-electron chi connectivity index (χ2n) is 7.64. The van der Waals surface area contributed by atoms with Crippen molar-refractivity contribution in [1.82, 2.24) is 5.32 Å². The summed E-state index contributed by atoms with van der Waals surface area (Å²) in [6.07, 6.45) is 0.514. The van der Waals surface area contributed by atoms with Crippen LogP contribution in [0.5, 0.6) is 11.5 Å². The number of nitrogens with one attached hydrogen (secondary N) is 3. The van der Waals surface area contributed by atoms with Gasteiger partial charge in [-0.15, -0.1) is 0 Å². The van der Waals surface area contributed by atoms with Crippen LogP contribution in [0.2, 0.25) is 0 Å². The fourth-order valence-electron chi connectivity index (χ4n) is 3.70. The van der Waals surface area contributed by atoms with E-state index in [-0.39, 0.29) is 11.7 Å². The molecule has 1 fully saturated rings. The van der Waals surface area contributed by atoms with Gasteiger partial charge in [-0.1, -0.05) is 18.2 Å². The lowest BCUT2D eigenvalue weighted by atomic mass is 10.1. The van der Waals surface area contributed by atoms with Gasteiger partial charge in [-0.05, 0) is 42.3 Å². The maximum atomic E-state index is 13.6. The summed E-state index contributed by atoms with van der Waals surface area (Å²) in [5.74, 6) is 1.50. The summed E-state index contributed by atoms with van der Waals surface area (Å²) >= 11 is 0. The summed E-state index contributed by atoms with van der Waals surface area (Å²) in [6.45, 7) is 6.58. The Labute approximate surface area is 177 Å². The molecule has 7 heteroatoms. The molecular formula is C23H32FN3O3+2. The van der Waals surface area contributed by atoms with Crippen LogP contribution < -0.4 is 24.6 Å². The number of benzene rings is 2. The first-order valence-corrected chi connectivity index (χ1v) is 10.6. The number of carbonyl (C=O) groups is 1. The highest BCUT2D eigenvalue weighted by Crippen LogP contribution is 2.16. The summed E-state index contributed by atoms with van der Waals surface area (Å²) < 4.78 is 24.6. The molecule has 0 unspecified atom stereocenters. The highest BCUT2D eigenvalue weighted by Gasteiger charge is 2.24. The predicted octanol–water partition coefficient (Wildman–Crippen LogP) is -0.645. The first kappa shape index (κ1) is 22.1. The minimum atomic E-state index is -0.215. The lowest BCUT2D eigenvalue weighted by Crippen LogP contribution is -3.28. The van der Waals surface area contributed by atoms with Crippen LogP contribution in [0, 0.1) is 5.82 Å². The zero-order valence-corrected chi connectivity index (χ0v) is 17.6. The molecule has 0 aliphatic carbocycles. The van der Waals surface area contributed by atoms with Gasteiger partial charge in [0.2, 0.25) is 0 Å². The molecular weight excluding hydrogens is 385 g/mol. The maximum Gasteiger partial charge on any atom is 0.275 e. The van der Waals surface area contributed by atoms with Crippen molar-refractivity contribution in [2.75, 3.05) is 59.5 Å². The van der Waals surface area contributed by atoms with E-state index in [0.29, 0.717) is 31.7 Å². The number of amides is 1. The van der Waals surface area contributed by atoms with Gasteiger partial charge in [0.05, 0.1) is 7.11 Å². The number of carbonyl (C=O) groups excluding carboxylic acids is 1. The Morgan fingerprint density at radius 1 is 1.00 bits per heavy atom. The second-order valence-corrected chi connectivity index (χ2v) is 7.64. The highest BCUT2D eigenvalue weighted by molar-refractivity contribution is 5.76. The number of piperazine rings is 1. The average molecular weight is 418 g/mol. The van der Waals surface area contributed by atoms with Crippen LogP contribution in [-0.2, 0) is 11.2 Å². The van der Waals surface area contributed by atoms with E-state index in [4.69, 9.17) is 9.47 Å². The van der Waals surface area contributed by atoms with Crippen LogP contribution >= 0.6 is 0 Å². The molecule has 0 saturated carbocycles. The second kappa shape index (κ2) is 11.5. The Hall–Kier alpha value is -2.64. The molecule has 162 valence electrons. The zero-order valence-electron chi connectivity index (χ0n) is 17.6. The molecule has 6 nitrogen and oxygen atoms in total. The summed E-state index contributed by atoms with van der Waals surface area (Å²) in [5, 5.41) is 2.92. The molecule has 1 amide bonds. The van der Waals surface area contributed by atoms with Crippen molar-refractivity contribution in [2.45, 2.75) is 6.42 Å². The standard InChI is InChI=1S/C23H30FN3O3/c1-29-20-6-8-21(9-7-20)30-17-16-26-12-14-27(15-13-26)18-23(28)25-11-10-19-4-2-3-5-22(19)24/h2-9H,10-18H2,1H3,(H,25,28)/p+2. The summed E-state index contributed by atoms with van der Waals surface area (Å²) in [7, 11) is 1.65. The smallest absolute Gasteiger partial charge is 0.275 e. The molecule has 0 spiro atoms. The van der Waals surface area contributed by atoms with E-state index in [0.717, 1.165) is 44.2 Å². The first-order chi connectivity index (χ1) is 14.6. The van der Waals surface area contributed by atoms with Crippen molar-refractivity contribution in [3.63, 3.8) is 0 Å². The van der Waals surface area contributed by atoms with Gasteiger partial charge in [0.25, 0.3) is 5.91 Å². The number of hydrogen-bond donors (Lipinski definition) is 3.